The van der Waals surface area contributed by atoms with Crippen molar-refractivity contribution in [1.29, 1.82) is 0 Å². The molecule has 0 spiro atoms. The summed E-state index contributed by atoms with van der Waals surface area (Å²) in [7, 11) is 0. The molecule has 0 atom stereocenters. The van der Waals surface area contributed by atoms with Gasteiger partial charge in [0.15, 0.2) is 0 Å². The number of hydrogen-bond acceptors (Lipinski definition) is 3. The fourth-order valence-electron chi connectivity index (χ4n) is 2.70. The van der Waals surface area contributed by atoms with E-state index in [1.165, 1.54) is 0 Å². The maximum absolute atomic E-state index is 11.0. The van der Waals surface area contributed by atoms with Crippen LogP contribution < -0.4 is 34.7 Å². The van der Waals surface area contributed by atoms with Crippen molar-refractivity contribution < 1.29 is 39.5 Å². The van der Waals surface area contributed by atoms with E-state index in [1.54, 1.807) is 6.07 Å². The molecule has 0 saturated carbocycles. The summed E-state index contributed by atoms with van der Waals surface area (Å²) < 4.78 is 2.16. The van der Waals surface area contributed by atoms with Crippen molar-refractivity contribution in [3.8, 4) is 0 Å². The van der Waals surface area contributed by atoms with Crippen molar-refractivity contribution in [2.24, 2.45) is 0 Å². The molecule has 20 heavy (non-hydrogen) atoms. The minimum atomic E-state index is -1.24. The summed E-state index contributed by atoms with van der Waals surface area (Å²) in [6.07, 6.45) is 0. The molecule has 2 aromatic heterocycles. The smallest absolute Gasteiger partial charge is 0.543 e. The van der Waals surface area contributed by atoms with Crippen molar-refractivity contribution in [2.45, 2.75) is 20.4 Å². The zero-order valence-corrected chi connectivity index (χ0v) is 13.8. The molecule has 0 aliphatic carbocycles. The number of para-hydroxylation sites is 1. The Hall–Kier alpha value is -1.36. The first-order valence-corrected chi connectivity index (χ1v) is 6.23. The van der Waals surface area contributed by atoms with Gasteiger partial charge in [0.25, 0.3) is 0 Å². The standard InChI is InChI=1S/C15H14N2O2.Na/c1-3-17-13-7-5-4-6-10(13)11-8-12(15(18)19)16-9(2)14(11)17;/h4-8H,3H2,1-2H3,(H,18,19);/q;+1/p-1. The van der Waals surface area contributed by atoms with Crippen LogP contribution in [0, 0.1) is 6.92 Å². The number of pyridine rings is 1. The average Bonchev–Trinajstić information content (AvgIpc) is 2.73. The van der Waals surface area contributed by atoms with Crippen LogP contribution in [0.15, 0.2) is 30.3 Å². The molecule has 1 aromatic carbocycles. The van der Waals surface area contributed by atoms with Crippen LogP contribution in [0.4, 0.5) is 0 Å². The number of rotatable bonds is 2. The van der Waals surface area contributed by atoms with E-state index < -0.39 is 5.97 Å². The van der Waals surface area contributed by atoms with E-state index in [0.717, 1.165) is 34.0 Å². The average molecular weight is 276 g/mol. The van der Waals surface area contributed by atoms with Gasteiger partial charge in [0, 0.05) is 22.8 Å². The molecule has 0 aliphatic heterocycles. The van der Waals surface area contributed by atoms with Crippen LogP contribution in [-0.4, -0.2) is 15.5 Å². The quantitative estimate of drug-likeness (QED) is 0.557. The molecule has 2 heterocycles. The van der Waals surface area contributed by atoms with Gasteiger partial charge in [-0.25, -0.2) is 4.98 Å². The summed E-state index contributed by atoms with van der Waals surface area (Å²) in [5.41, 5.74) is 2.80. The first kappa shape index (κ1) is 15.0. The molecule has 0 saturated heterocycles. The van der Waals surface area contributed by atoms with E-state index in [0.29, 0.717) is 0 Å². The van der Waals surface area contributed by atoms with Gasteiger partial charge < -0.3 is 14.5 Å². The van der Waals surface area contributed by atoms with Gasteiger partial charge in [-0.2, -0.15) is 0 Å². The number of carbonyl (C=O) groups is 1. The Kier molecular flexibility index (Phi) is 4.18. The Labute approximate surface area is 138 Å². The third kappa shape index (κ3) is 2.14. The van der Waals surface area contributed by atoms with Crippen LogP contribution in [0.3, 0.4) is 0 Å². The normalized spacial score (nSPS) is 10.7. The summed E-state index contributed by atoms with van der Waals surface area (Å²) >= 11 is 0. The third-order valence-corrected chi connectivity index (χ3v) is 3.45. The van der Waals surface area contributed by atoms with Crippen molar-refractivity contribution >= 4 is 27.8 Å². The van der Waals surface area contributed by atoms with E-state index in [4.69, 9.17) is 0 Å². The van der Waals surface area contributed by atoms with Gasteiger partial charge in [-0.1, -0.05) is 18.2 Å². The Morgan fingerprint density at radius 1 is 1.30 bits per heavy atom. The predicted octanol–water partition coefficient (Wildman–Crippen LogP) is -1.11. The molecule has 96 valence electrons. The van der Waals surface area contributed by atoms with Crippen LogP contribution in [0.2, 0.25) is 0 Å². The van der Waals surface area contributed by atoms with Gasteiger partial charge in [-0.15, -0.1) is 0 Å². The molecule has 0 fully saturated rings. The third-order valence-electron chi connectivity index (χ3n) is 3.45. The van der Waals surface area contributed by atoms with Gasteiger partial charge in [0.05, 0.1) is 22.9 Å². The Balaban J connectivity index is 0.00000147. The van der Waals surface area contributed by atoms with E-state index in [-0.39, 0.29) is 35.3 Å². The molecule has 0 N–H and O–H groups in total. The SMILES string of the molecule is CCn1c2ccccc2c2cc(C(=O)[O-])nc(C)c21.[Na+]. The van der Waals surface area contributed by atoms with E-state index in [1.807, 2.05) is 31.2 Å². The maximum atomic E-state index is 11.0. The molecule has 5 heteroatoms. The number of carboxylic acid groups (broad SMARTS) is 1. The second-order valence-corrected chi connectivity index (χ2v) is 4.54. The maximum Gasteiger partial charge on any atom is 1.00 e. The van der Waals surface area contributed by atoms with Crippen LogP contribution in [0.1, 0.15) is 23.1 Å². The first-order valence-electron chi connectivity index (χ1n) is 6.23. The fraction of sp³-hybridized carbons (Fsp3) is 0.200. The second kappa shape index (κ2) is 5.56. The molecule has 4 nitrogen and oxygen atoms in total. The Morgan fingerprint density at radius 3 is 2.65 bits per heavy atom. The van der Waals surface area contributed by atoms with E-state index >= 15 is 0 Å². The van der Waals surface area contributed by atoms with E-state index in [9.17, 15) is 9.90 Å². The molecular weight excluding hydrogens is 263 g/mol. The number of carboxylic acids is 1. The molecule has 0 amide bonds. The van der Waals surface area contributed by atoms with Crippen molar-refractivity contribution in [2.75, 3.05) is 0 Å². The number of aryl methyl sites for hydroxylation is 2. The largest absolute Gasteiger partial charge is 1.00 e. The zero-order chi connectivity index (χ0) is 13.6. The summed E-state index contributed by atoms with van der Waals surface area (Å²) in [5, 5.41) is 13.0. The van der Waals surface area contributed by atoms with Crippen LogP contribution in [-0.2, 0) is 6.54 Å². The van der Waals surface area contributed by atoms with Crippen LogP contribution >= 0.6 is 0 Å². The number of fused-ring (bicyclic) bond motifs is 3. The molecular formula is C15H13N2NaO2. The molecule has 3 aromatic rings. The van der Waals surface area contributed by atoms with Crippen molar-refractivity contribution in [3.05, 3.63) is 41.7 Å². The minimum Gasteiger partial charge on any atom is -0.543 e. The minimum absolute atomic E-state index is 0. The molecule has 0 aliphatic rings. The Bertz CT molecular complexity index is 808. The van der Waals surface area contributed by atoms with Crippen molar-refractivity contribution in [1.82, 2.24) is 9.55 Å². The topological polar surface area (TPSA) is 58.0 Å². The van der Waals surface area contributed by atoms with Gasteiger partial charge in [-0.05, 0) is 26.0 Å². The number of aromatic carboxylic acids is 1. The Morgan fingerprint density at radius 2 is 2.00 bits per heavy atom. The van der Waals surface area contributed by atoms with Gasteiger partial charge in [0.1, 0.15) is 0 Å². The summed E-state index contributed by atoms with van der Waals surface area (Å²) in [6, 6.07) is 9.58. The molecule has 0 radical (unpaired) electrons. The molecule has 0 bridgehead atoms. The monoisotopic (exact) mass is 276 g/mol. The number of benzene rings is 1. The fourth-order valence-corrected chi connectivity index (χ4v) is 2.70. The van der Waals surface area contributed by atoms with Crippen LogP contribution in [0.5, 0.6) is 0 Å². The number of carbonyl (C=O) groups excluding carboxylic acids is 1. The molecule has 3 rings (SSSR count). The predicted molar refractivity (Wildman–Crippen MR) is 72.0 cm³/mol. The number of hydrogen-bond donors (Lipinski definition) is 0. The summed E-state index contributed by atoms with van der Waals surface area (Å²) in [4.78, 5) is 15.2. The summed E-state index contributed by atoms with van der Waals surface area (Å²) in [5.74, 6) is -1.24. The van der Waals surface area contributed by atoms with Gasteiger partial charge in [-0.3, -0.25) is 0 Å². The van der Waals surface area contributed by atoms with Gasteiger partial charge >= 0.3 is 29.6 Å². The van der Waals surface area contributed by atoms with Crippen molar-refractivity contribution in [3.63, 3.8) is 0 Å². The number of aromatic nitrogens is 2. The van der Waals surface area contributed by atoms with Gasteiger partial charge in [0.2, 0.25) is 0 Å². The first-order chi connectivity index (χ1) is 9.13. The van der Waals surface area contributed by atoms with Crippen LogP contribution in [0.25, 0.3) is 21.8 Å². The molecule has 0 unspecified atom stereocenters. The number of nitrogens with zero attached hydrogens (tertiary/aromatic N) is 2. The zero-order valence-electron chi connectivity index (χ0n) is 11.8. The second-order valence-electron chi connectivity index (χ2n) is 4.54. The summed E-state index contributed by atoms with van der Waals surface area (Å²) in [6.45, 7) is 4.72. The van der Waals surface area contributed by atoms with E-state index in [2.05, 4.69) is 16.5 Å².